The minimum absolute atomic E-state index is 0. The first-order valence-corrected chi connectivity index (χ1v) is 11.6. The van der Waals surface area contributed by atoms with Crippen LogP contribution in [-0.2, 0) is 14.8 Å². The average molecular weight is 539 g/mol. The Bertz CT molecular complexity index is 682. The van der Waals surface area contributed by atoms with Crippen molar-refractivity contribution in [1.82, 2.24) is 20.3 Å². The molecule has 166 valence electrons. The van der Waals surface area contributed by atoms with Crippen molar-refractivity contribution in [2.45, 2.75) is 56.4 Å². The highest BCUT2D eigenvalue weighted by atomic mass is 127. The van der Waals surface area contributed by atoms with Crippen molar-refractivity contribution in [3.05, 3.63) is 24.5 Å². The van der Waals surface area contributed by atoms with Gasteiger partial charge in [-0.3, -0.25) is 9.98 Å². The molecule has 0 bridgehead atoms. The van der Waals surface area contributed by atoms with Crippen LogP contribution in [0.1, 0.15) is 45.4 Å². The molecule has 1 aliphatic carbocycles. The number of halogens is 1. The summed E-state index contributed by atoms with van der Waals surface area (Å²) in [6, 6.07) is 3.12. The molecule has 10 heteroatoms. The third kappa shape index (κ3) is 10.6. The van der Waals surface area contributed by atoms with Crippen molar-refractivity contribution in [2.24, 2.45) is 4.99 Å². The summed E-state index contributed by atoms with van der Waals surface area (Å²) in [6.45, 7) is 4.83. The molecule has 1 aromatic rings. The summed E-state index contributed by atoms with van der Waals surface area (Å²) < 4.78 is 32.7. The summed E-state index contributed by atoms with van der Waals surface area (Å²) in [4.78, 5) is 8.51. The fourth-order valence-corrected chi connectivity index (χ4v) is 4.03. The Morgan fingerprint density at radius 1 is 1.24 bits per heavy atom. The Morgan fingerprint density at radius 2 is 2.03 bits per heavy atom. The van der Waals surface area contributed by atoms with Gasteiger partial charge in [0.2, 0.25) is 10.0 Å². The number of pyridine rings is 1. The molecule has 0 saturated heterocycles. The maximum Gasteiger partial charge on any atom is 0.242 e. The van der Waals surface area contributed by atoms with Crippen LogP contribution in [0.4, 0.5) is 0 Å². The number of aliphatic imine (C=N–C) groups is 1. The molecule has 0 aromatic carbocycles. The van der Waals surface area contributed by atoms with Crippen LogP contribution in [0, 0.1) is 0 Å². The van der Waals surface area contributed by atoms with E-state index in [1.807, 2.05) is 6.92 Å². The molecule has 1 fully saturated rings. The quantitative estimate of drug-likeness (QED) is 0.173. The SMILES string of the molecule is CCNC(=NCCCOC1CCCCC1)NCCNS(=O)(=O)c1cccnc1.I. The number of sulfonamides is 1. The summed E-state index contributed by atoms with van der Waals surface area (Å²) in [5.41, 5.74) is 0. The minimum Gasteiger partial charge on any atom is -0.378 e. The van der Waals surface area contributed by atoms with Gasteiger partial charge in [-0.25, -0.2) is 13.1 Å². The minimum atomic E-state index is -3.53. The van der Waals surface area contributed by atoms with Crippen LogP contribution in [-0.4, -0.2) is 58.3 Å². The molecule has 0 amide bonds. The largest absolute Gasteiger partial charge is 0.378 e. The highest BCUT2D eigenvalue weighted by Crippen LogP contribution is 2.20. The Kier molecular flexibility index (Phi) is 13.4. The first-order chi connectivity index (χ1) is 13.6. The lowest BCUT2D eigenvalue weighted by molar-refractivity contribution is 0.0281. The van der Waals surface area contributed by atoms with Gasteiger partial charge in [-0.2, -0.15) is 0 Å². The lowest BCUT2D eigenvalue weighted by atomic mass is 9.98. The van der Waals surface area contributed by atoms with Crippen LogP contribution in [0.5, 0.6) is 0 Å². The van der Waals surface area contributed by atoms with Crippen molar-refractivity contribution in [1.29, 1.82) is 0 Å². The summed E-state index contributed by atoms with van der Waals surface area (Å²) in [7, 11) is -3.53. The lowest BCUT2D eigenvalue weighted by Gasteiger charge is -2.21. The second-order valence-electron chi connectivity index (χ2n) is 6.76. The van der Waals surface area contributed by atoms with E-state index in [-0.39, 0.29) is 35.4 Å². The van der Waals surface area contributed by atoms with E-state index in [4.69, 9.17) is 4.74 Å². The number of hydrogen-bond acceptors (Lipinski definition) is 5. The highest BCUT2D eigenvalue weighted by molar-refractivity contribution is 14.0. The number of nitrogens with zero attached hydrogens (tertiary/aromatic N) is 2. The second kappa shape index (κ2) is 14.9. The predicted molar refractivity (Wildman–Crippen MR) is 126 cm³/mol. The molecule has 1 saturated carbocycles. The van der Waals surface area contributed by atoms with Gasteiger partial charge < -0.3 is 15.4 Å². The Labute approximate surface area is 191 Å². The van der Waals surface area contributed by atoms with Gasteiger partial charge in [0.25, 0.3) is 0 Å². The number of nitrogens with one attached hydrogen (secondary N) is 3. The van der Waals surface area contributed by atoms with Crippen LogP contribution in [0.3, 0.4) is 0 Å². The van der Waals surface area contributed by atoms with E-state index in [0.717, 1.165) is 19.6 Å². The highest BCUT2D eigenvalue weighted by Gasteiger charge is 2.13. The van der Waals surface area contributed by atoms with Crippen LogP contribution in [0.25, 0.3) is 0 Å². The Morgan fingerprint density at radius 3 is 2.72 bits per heavy atom. The summed E-state index contributed by atoms with van der Waals surface area (Å²) >= 11 is 0. The maximum absolute atomic E-state index is 12.1. The van der Waals surface area contributed by atoms with Crippen LogP contribution in [0.15, 0.2) is 34.4 Å². The summed E-state index contributed by atoms with van der Waals surface area (Å²) in [6.07, 6.45) is 10.4. The van der Waals surface area contributed by atoms with E-state index in [1.165, 1.54) is 44.4 Å². The number of guanidine groups is 1. The van der Waals surface area contributed by atoms with Crippen molar-refractivity contribution < 1.29 is 13.2 Å². The molecule has 0 aliphatic heterocycles. The molecule has 0 unspecified atom stereocenters. The molecule has 29 heavy (non-hydrogen) atoms. The standard InChI is InChI=1S/C19H33N5O3S.HI/c1-2-21-19(22-12-7-15-27-17-8-4-3-5-9-17)23-13-14-24-28(25,26)18-10-6-11-20-16-18;/h6,10-11,16-17,24H,2-5,7-9,12-15H2,1H3,(H2,21,22,23);1H. The molecule has 1 aromatic heterocycles. The normalized spacial score (nSPS) is 15.6. The molecule has 1 aliphatic rings. The van der Waals surface area contributed by atoms with E-state index in [9.17, 15) is 8.42 Å². The van der Waals surface area contributed by atoms with Gasteiger partial charge in [0.15, 0.2) is 5.96 Å². The van der Waals surface area contributed by atoms with Gasteiger partial charge >= 0.3 is 0 Å². The smallest absolute Gasteiger partial charge is 0.242 e. The van der Waals surface area contributed by atoms with Crippen molar-refractivity contribution in [3.8, 4) is 0 Å². The maximum atomic E-state index is 12.1. The fraction of sp³-hybridized carbons (Fsp3) is 0.684. The topological polar surface area (TPSA) is 105 Å². The van der Waals surface area contributed by atoms with E-state index < -0.39 is 10.0 Å². The second-order valence-corrected chi connectivity index (χ2v) is 8.53. The molecule has 2 rings (SSSR count). The summed E-state index contributed by atoms with van der Waals surface area (Å²) in [5, 5.41) is 6.30. The van der Waals surface area contributed by atoms with Gasteiger partial charge in [0, 0.05) is 45.2 Å². The van der Waals surface area contributed by atoms with Crippen molar-refractivity contribution >= 4 is 40.0 Å². The molecule has 8 nitrogen and oxygen atoms in total. The van der Waals surface area contributed by atoms with Gasteiger partial charge in [0.05, 0.1) is 6.10 Å². The van der Waals surface area contributed by atoms with Gasteiger partial charge in [-0.1, -0.05) is 19.3 Å². The molecule has 0 radical (unpaired) electrons. The number of ether oxygens (including phenoxy) is 1. The predicted octanol–water partition coefficient (Wildman–Crippen LogP) is 2.27. The first-order valence-electron chi connectivity index (χ1n) is 10.2. The lowest BCUT2D eigenvalue weighted by Crippen LogP contribution is -2.41. The Hall–Kier alpha value is -0.980. The molecular weight excluding hydrogens is 505 g/mol. The molecular formula is C19H34IN5O3S. The van der Waals surface area contributed by atoms with E-state index in [0.29, 0.717) is 25.2 Å². The zero-order valence-corrected chi connectivity index (χ0v) is 20.2. The third-order valence-corrected chi connectivity index (χ3v) is 5.92. The van der Waals surface area contributed by atoms with Crippen molar-refractivity contribution in [3.63, 3.8) is 0 Å². The van der Waals surface area contributed by atoms with E-state index >= 15 is 0 Å². The first kappa shape index (κ1) is 26.1. The number of hydrogen-bond donors (Lipinski definition) is 3. The van der Waals surface area contributed by atoms with E-state index in [2.05, 4.69) is 25.3 Å². The van der Waals surface area contributed by atoms with Gasteiger partial charge in [0.1, 0.15) is 4.90 Å². The summed E-state index contributed by atoms with van der Waals surface area (Å²) in [5.74, 6) is 0.681. The van der Waals surface area contributed by atoms with Crippen molar-refractivity contribution in [2.75, 3.05) is 32.8 Å². The monoisotopic (exact) mass is 539 g/mol. The molecule has 0 atom stereocenters. The van der Waals surface area contributed by atoms with Crippen LogP contribution in [0.2, 0.25) is 0 Å². The number of rotatable bonds is 11. The Balaban J connectivity index is 0.00000420. The average Bonchev–Trinajstić information content (AvgIpc) is 2.72. The number of aromatic nitrogens is 1. The molecule has 1 heterocycles. The molecule has 0 spiro atoms. The zero-order valence-electron chi connectivity index (χ0n) is 17.1. The van der Waals surface area contributed by atoms with Crippen LogP contribution < -0.4 is 15.4 Å². The zero-order chi connectivity index (χ0) is 20.1. The fourth-order valence-electron chi connectivity index (χ4n) is 3.03. The van der Waals surface area contributed by atoms with Crippen LogP contribution >= 0.6 is 24.0 Å². The van der Waals surface area contributed by atoms with E-state index in [1.54, 1.807) is 12.3 Å². The molecule has 3 N–H and O–H groups in total. The van der Waals surface area contributed by atoms with Gasteiger partial charge in [-0.05, 0) is 38.3 Å². The third-order valence-electron chi connectivity index (χ3n) is 4.48. The van der Waals surface area contributed by atoms with Gasteiger partial charge in [-0.15, -0.1) is 24.0 Å².